The van der Waals surface area contributed by atoms with Crippen LogP contribution in [0.5, 0.6) is 0 Å². The Morgan fingerprint density at radius 2 is 1.84 bits per heavy atom. The van der Waals surface area contributed by atoms with Crippen molar-refractivity contribution in [3.05, 3.63) is 52.8 Å². The molecule has 1 aliphatic rings. The normalized spacial score (nSPS) is 16.6. The minimum absolute atomic E-state index is 0.0839. The van der Waals surface area contributed by atoms with Crippen molar-refractivity contribution in [2.75, 3.05) is 4.90 Å². The maximum atomic E-state index is 12.7. The molecule has 0 spiro atoms. The highest BCUT2D eigenvalue weighted by Gasteiger charge is 2.45. The zero-order valence-electron chi connectivity index (χ0n) is 10.7. The van der Waals surface area contributed by atoms with E-state index in [0.29, 0.717) is 0 Å². The molecule has 0 fully saturated rings. The molecule has 2 heterocycles. The molecule has 0 aliphatic carbocycles. The van der Waals surface area contributed by atoms with Crippen LogP contribution in [0.15, 0.2) is 47.2 Å². The van der Waals surface area contributed by atoms with E-state index in [4.69, 9.17) is 0 Å². The molecular weight excluding hydrogens is 304 g/mol. The van der Waals surface area contributed by atoms with Gasteiger partial charge in [0.05, 0.1) is 16.8 Å². The zero-order chi connectivity index (χ0) is 13.6. The van der Waals surface area contributed by atoms with E-state index in [1.807, 2.05) is 44.2 Å². The number of fused-ring (bicyclic) bond motifs is 1. The third kappa shape index (κ3) is 1.70. The van der Waals surface area contributed by atoms with Gasteiger partial charge in [0, 0.05) is 22.4 Å². The molecule has 3 rings (SSSR count). The number of carbonyl (C=O) groups excluding carboxylic acids is 1. The molecule has 0 unspecified atom stereocenters. The Hall–Kier alpha value is -1.68. The number of nitrogens with zero attached hydrogens (tertiary/aromatic N) is 2. The highest BCUT2D eigenvalue weighted by atomic mass is 79.9. The van der Waals surface area contributed by atoms with Crippen molar-refractivity contribution in [2.24, 2.45) is 0 Å². The third-order valence-electron chi connectivity index (χ3n) is 3.52. The summed E-state index contributed by atoms with van der Waals surface area (Å²) < 4.78 is 0.972. The van der Waals surface area contributed by atoms with Gasteiger partial charge in [-0.25, -0.2) is 0 Å². The molecule has 1 aromatic carbocycles. The Balaban J connectivity index is 2.26. The van der Waals surface area contributed by atoms with E-state index in [0.717, 1.165) is 21.4 Å². The van der Waals surface area contributed by atoms with Crippen molar-refractivity contribution in [3.8, 4) is 0 Å². The topological polar surface area (TPSA) is 33.2 Å². The number of anilines is 2. The van der Waals surface area contributed by atoms with E-state index in [2.05, 4.69) is 20.9 Å². The largest absolute Gasteiger partial charge is 0.280 e. The number of hydrogen-bond acceptors (Lipinski definition) is 2. The van der Waals surface area contributed by atoms with Gasteiger partial charge in [0.2, 0.25) is 5.91 Å². The van der Waals surface area contributed by atoms with Gasteiger partial charge >= 0.3 is 0 Å². The van der Waals surface area contributed by atoms with Crippen LogP contribution in [0.25, 0.3) is 0 Å². The van der Waals surface area contributed by atoms with Gasteiger partial charge in [-0.05, 0) is 38.1 Å². The van der Waals surface area contributed by atoms with Crippen LogP contribution in [0.1, 0.15) is 19.4 Å². The summed E-state index contributed by atoms with van der Waals surface area (Å²) in [7, 11) is 0. The smallest absolute Gasteiger partial charge is 0.241 e. The summed E-state index contributed by atoms with van der Waals surface area (Å²) in [6.45, 7) is 3.92. The number of pyridine rings is 1. The highest BCUT2D eigenvalue weighted by Crippen LogP contribution is 2.48. The first-order valence-corrected chi connectivity index (χ1v) is 6.86. The Bertz CT molecular complexity index is 652. The van der Waals surface area contributed by atoms with Gasteiger partial charge in [0.1, 0.15) is 0 Å². The monoisotopic (exact) mass is 316 g/mol. The summed E-state index contributed by atoms with van der Waals surface area (Å²) in [5, 5.41) is 0. The van der Waals surface area contributed by atoms with E-state index >= 15 is 0 Å². The minimum Gasteiger partial charge on any atom is -0.280 e. The molecule has 3 nitrogen and oxygen atoms in total. The quantitative estimate of drug-likeness (QED) is 0.801. The lowest BCUT2D eigenvalue weighted by atomic mass is 9.86. The summed E-state index contributed by atoms with van der Waals surface area (Å²) >= 11 is 3.56. The molecule has 0 radical (unpaired) electrons. The van der Waals surface area contributed by atoms with E-state index in [1.165, 1.54) is 0 Å². The van der Waals surface area contributed by atoms with E-state index in [-0.39, 0.29) is 5.91 Å². The first kappa shape index (κ1) is 12.4. The first-order valence-electron chi connectivity index (χ1n) is 6.07. The van der Waals surface area contributed by atoms with Crippen LogP contribution in [0.3, 0.4) is 0 Å². The van der Waals surface area contributed by atoms with Crippen LogP contribution in [0.2, 0.25) is 0 Å². The fourth-order valence-electron chi connectivity index (χ4n) is 2.56. The number of amides is 1. The zero-order valence-corrected chi connectivity index (χ0v) is 12.3. The SMILES string of the molecule is CC1(C)C(=O)N(c2ccncc2)c2cccc(Br)c21. The van der Waals surface area contributed by atoms with Gasteiger partial charge in [-0.3, -0.25) is 14.7 Å². The fourth-order valence-corrected chi connectivity index (χ4v) is 3.41. The van der Waals surface area contributed by atoms with E-state index in [9.17, 15) is 4.79 Å². The van der Waals surface area contributed by atoms with E-state index < -0.39 is 5.41 Å². The van der Waals surface area contributed by atoms with Crippen LogP contribution in [0.4, 0.5) is 11.4 Å². The van der Waals surface area contributed by atoms with Crippen LogP contribution in [-0.4, -0.2) is 10.9 Å². The molecule has 0 saturated carbocycles. The van der Waals surface area contributed by atoms with Crippen molar-refractivity contribution in [2.45, 2.75) is 19.3 Å². The lowest BCUT2D eigenvalue weighted by Gasteiger charge is -2.20. The lowest BCUT2D eigenvalue weighted by Crippen LogP contribution is -2.33. The summed E-state index contributed by atoms with van der Waals surface area (Å²) in [5.41, 5.74) is 2.30. The van der Waals surface area contributed by atoms with Crippen molar-refractivity contribution in [1.29, 1.82) is 0 Å². The second kappa shape index (κ2) is 4.17. The van der Waals surface area contributed by atoms with Crippen molar-refractivity contribution in [1.82, 2.24) is 4.98 Å². The van der Waals surface area contributed by atoms with Crippen molar-refractivity contribution < 1.29 is 4.79 Å². The Morgan fingerprint density at radius 1 is 1.16 bits per heavy atom. The summed E-state index contributed by atoms with van der Waals surface area (Å²) in [6.07, 6.45) is 3.40. The maximum Gasteiger partial charge on any atom is 0.241 e. The molecule has 19 heavy (non-hydrogen) atoms. The molecule has 0 saturated heterocycles. The standard InChI is InChI=1S/C15H13BrN2O/c1-15(2)13-11(16)4-3-5-12(13)18(14(15)19)10-6-8-17-9-7-10/h3-9H,1-2H3. The second-order valence-corrected chi connectivity index (χ2v) is 5.96. The maximum absolute atomic E-state index is 12.7. The molecule has 4 heteroatoms. The summed E-state index contributed by atoms with van der Waals surface area (Å²) in [6, 6.07) is 9.61. The van der Waals surface area contributed by atoms with Gasteiger partial charge in [0.25, 0.3) is 0 Å². The fraction of sp³-hybridized carbons (Fsp3) is 0.200. The number of hydrogen-bond donors (Lipinski definition) is 0. The van der Waals surface area contributed by atoms with Crippen LogP contribution < -0.4 is 4.90 Å². The minimum atomic E-state index is -0.529. The van der Waals surface area contributed by atoms with Crippen LogP contribution >= 0.6 is 15.9 Å². The molecular formula is C15H13BrN2O. The average Bonchev–Trinajstić information content (AvgIpc) is 2.60. The summed E-state index contributed by atoms with van der Waals surface area (Å²) in [5.74, 6) is 0.0839. The molecule has 0 N–H and O–H groups in total. The van der Waals surface area contributed by atoms with Gasteiger partial charge in [0.15, 0.2) is 0 Å². The number of rotatable bonds is 1. The Labute approximate surface area is 120 Å². The average molecular weight is 317 g/mol. The molecule has 0 atom stereocenters. The number of halogens is 1. The van der Waals surface area contributed by atoms with Gasteiger partial charge < -0.3 is 0 Å². The number of benzene rings is 1. The van der Waals surface area contributed by atoms with Gasteiger partial charge in [-0.15, -0.1) is 0 Å². The number of aromatic nitrogens is 1. The molecule has 1 aromatic heterocycles. The van der Waals surface area contributed by atoms with Crippen molar-refractivity contribution >= 4 is 33.2 Å². The summed E-state index contributed by atoms with van der Waals surface area (Å²) in [4.78, 5) is 18.5. The predicted molar refractivity (Wildman–Crippen MR) is 78.6 cm³/mol. The number of carbonyl (C=O) groups is 1. The van der Waals surface area contributed by atoms with Crippen molar-refractivity contribution in [3.63, 3.8) is 0 Å². The molecule has 96 valence electrons. The molecule has 2 aromatic rings. The van der Waals surface area contributed by atoms with Gasteiger partial charge in [-0.2, -0.15) is 0 Å². The molecule has 1 aliphatic heterocycles. The predicted octanol–water partition coefficient (Wildman–Crippen LogP) is 3.80. The van der Waals surface area contributed by atoms with Gasteiger partial charge in [-0.1, -0.05) is 22.0 Å². The second-order valence-electron chi connectivity index (χ2n) is 5.10. The Morgan fingerprint density at radius 3 is 2.53 bits per heavy atom. The lowest BCUT2D eigenvalue weighted by molar-refractivity contribution is -0.121. The molecule has 1 amide bonds. The Kier molecular flexibility index (Phi) is 2.71. The third-order valence-corrected chi connectivity index (χ3v) is 4.18. The molecule has 0 bridgehead atoms. The van der Waals surface area contributed by atoms with Crippen LogP contribution in [-0.2, 0) is 10.2 Å². The van der Waals surface area contributed by atoms with Crippen LogP contribution in [0, 0.1) is 0 Å². The highest BCUT2D eigenvalue weighted by molar-refractivity contribution is 9.10. The first-order chi connectivity index (χ1) is 9.03. The van der Waals surface area contributed by atoms with E-state index in [1.54, 1.807) is 17.3 Å².